The molecule has 102 valence electrons. The highest BCUT2D eigenvalue weighted by Gasteiger charge is 1.72. The van der Waals surface area contributed by atoms with Crippen LogP contribution in [0.4, 0.5) is 0 Å². The van der Waals surface area contributed by atoms with Crippen molar-refractivity contribution in [3.63, 3.8) is 0 Å². The van der Waals surface area contributed by atoms with E-state index in [1.807, 2.05) is 32.0 Å². The quantitative estimate of drug-likeness (QED) is 0.462. The molecule has 0 N–H and O–H groups in total. The minimum absolute atomic E-state index is 0. The standard InChI is InChI=1S/C7H8.C3H8.C3H4.C2H6.2CH4/c1-7-5-3-2-4-6-7;2*1-3-2;1-2;;/h2-6H,1H3;3H2,1-2H3;1H,2H3;1-2H3;2*1H4. The molecular formula is C17H34. The summed E-state index contributed by atoms with van der Waals surface area (Å²) in [6.45, 7) is 12.0. The maximum atomic E-state index is 4.60. The fraction of sp³-hybridized carbons (Fsp3) is 0.529. The summed E-state index contributed by atoms with van der Waals surface area (Å²) in [6, 6.07) is 10.3. The second-order valence-corrected chi connectivity index (χ2v) is 2.65. The molecule has 1 aromatic rings. The van der Waals surface area contributed by atoms with Crippen LogP contribution in [0.3, 0.4) is 0 Å². The maximum Gasteiger partial charge on any atom is -0.00297 e. The van der Waals surface area contributed by atoms with E-state index in [4.69, 9.17) is 0 Å². The van der Waals surface area contributed by atoms with Crippen LogP contribution >= 0.6 is 0 Å². The molecule has 17 heavy (non-hydrogen) atoms. The average Bonchev–Trinajstić information content (AvgIpc) is 2.24. The van der Waals surface area contributed by atoms with Crippen molar-refractivity contribution >= 4 is 0 Å². The average molecular weight is 238 g/mol. The van der Waals surface area contributed by atoms with Crippen molar-refractivity contribution in [2.75, 3.05) is 0 Å². The Morgan fingerprint density at radius 1 is 1.00 bits per heavy atom. The summed E-state index contributed by atoms with van der Waals surface area (Å²) in [5.41, 5.74) is 1.32. The zero-order chi connectivity index (χ0) is 12.5. The Morgan fingerprint density at radius 2 is 1.24 bits per heavy atom. The van der Waals surface area contributed by atoms with Crippen molar-refractivity contribution in [3.05, 3.63) is 35.9 Å². The smallest absolute Gasteiger partial charge is 0.00297 e. The molecule has 0 radical (unpaired) electrons. The first-order valence-electron chi connectivity index (χ1n) is 5.61. The number of hydrogen-bond acceptors (Lipinski definition) is 0. The lowest BCUT2D eigenvalue weighted by molar-refractivity contribution is 1.09. The lowest BCUT2D eigenvalue weighted by atomic mass is 10.2. The molecule has 0 spiro atoms. The van der Waals surface area contributed by atoms with Crippen molar-refractivity contribution in [2.45, 2.75) is 62.8 Å². The topological polar surface area (TPSA) is 0 Å². The molecule has 0 aliphatic rings. The molecule has 0 aromatic heterocycles. The first-order chi connectivity index (χ1) is 7.22. The van der Waals surface area contributed by atoms with Gasteiger partial charge in [-0.3, -0.25) is 0 Å². The van der Waals surface area contributed by atoms with E-state index in [2.05, 4.69) is 45.2 Å². The molecule has 0 nitrogen and oxygen atoms in total. The molecule has 0 heterocycles. The number of terminal acetylenes is 1. The zero-order valence-corrected chi connectivity index (χ0v) is 11.2. The molecule has 0 amide bonds. The second-order valence-electron chi connectivity index (χ2n) is 2.65. The number of hydrogen-bond donors (Lipinski definition) is 0. The fourth-order valence-electron chi connectivity index (χ4n) is 0.534. The van der Waals surface area contributed by atoms with E-state index in [0.717, 1.165) is 0 Å². The number of benzene rings is 1. The van der Waals surface area contributed by atoms with Crippen LogP contribution in [-0.4, -0.2) is 0 Å². The van der Waals surface area contributed by atoms with Gasteiger partial charge in [0, 0.05) is 0 Å². The molecule has 0 aliphatic heterocycles. The molecule has 0 unspecified atom stereocenters. The van der Waals surface area contributed by atoms with Gasteiger partial charge in [-0.2, -0.15) is 0 Å². The van der Waals surface area contributed by atoms with Crippen LogP contribution in [0.25, 0.3) is 0 Å². The van der Waals surface area contributed by atoms with Crippen LogP contribution < -0.4 is 0 Å². The highest BCUT2D eigenvalue weighted by Crippen LogP contribution is 1.92. The summed E-state index contributed by atoms with van der Waals surface area (Å²) in [5, 5.41) is 0. The lowest BCUT2D eigenvalue weighted by Crippen LogP contribution is -1.62. The predicted octanol–water partition coefficient (Wildman–Crippen LogP) is 6.35. The molecule has 0 saturated carbocycles. The van der Waals surface area contributed by atoms with Crippen molar-refractivity contribution in [1.82, 2.24) is 0 Å². The van der Waals surface area contributed by atoms with Gasteiger partial charge in [-0.15, -0.1) is 12.3 Å². The van der Waals surface area contributed by atoms with E-state index >= 15 is 0 Å². The molecule has 0 bridgehead atoms. The van der Waals surface area contributed by atoms with Gasteiger partial charge in [-0.1, -0.05) is 84.9 Å². The molecule has 1 aromatic carbocycles. The van der Waals surface area contributed by atoms with Crippen LogP contribution in [0, 0.1) is 19.3 Å². The van der Waals surface area contributed by atoms with Crippen molar-refractivity contribution < 1.29 is 0 Å². The van der Waals surface area contributed by atoms with E-state index < -0.39 is 0 Å². The van der Waals surface area contributed by atoms with Gasteiger partial charge < -0.3 is 0 Å². The summed E-state index contributed by atoms with van der Waals surface area (Å²) in [6.07, 6.45) is 5.85. The van der Waals surface area contributed by atoms with Gasteiger partial charge in [0.15, 0.2) is 0 Å². The van der Waals surface area contributed by atoms with Gasteiger partial charge in [-0.05, 0) is 13.8 Å². The molecule has 0 fully saturated rings. The molecule has 1 rings (SSSR count). The normalized spacial score (nSPS) is 5.47. The third-order valence-electron chi connectivity index (χ3n) is 0.940. The van der Waals surface area contributed by atoms with Gasteiger partial charge >= 0.3 is 0 Å². The summed E-state index contributed by atoms with van der Waals surface area (Å²) in [4.78, 5) is 0. The first-order valence-corrected chi connectivity index (χ1v) is 5.61. The van der Waals surface area contributed by atoms with Crippen LogP contribution in [0.5, 0.6) is 0 Å². The van der Waals surface area contributed by atoms with Gasteiger partial charge in [0.25, 0.3) is 0 Å². The van der Waals surface area contributed by atoms with Crippen molar-refractivity contribution in [2.24, 2.45) is 0 Å². The minimum atomic E-state index is 0. The number of aryl methyl sites for hydroxylation is 1. The predicted molar refractivity (Wildman–Crippen MR) is 86.5 cm³/mol. The Morgan fingerprint density at radius 3 is 1.35 bits per heavy atom. The van der Waals surface area contributed by atoms with Crippen LogP contribution in [0.2, 0.25) is 0 Å². The van der Waals surface area contributed by atoms with E-state index in [9.17, 15) is 0 Å². The van der Waals surface area contributed by atoms with Gasteiger partial charge in [0.2, 0.25) is 0 Å². The fourth-order valence-corrected chi connectivity index (χ4v) is 0.534. The van der Waals surface area contributed by atoms with E-state index in [-0.39, 0.29) is 14.9 Å². The zero-order valence-electron chi connectivity index (χ0n) is 11.2. The molecule has 0 aliphatic carbocycles. The monoisotopic (exact) mass is 238 g/mol. The Bertz CT molecular complexity index is 203. The third-order valence-corrected chi connectivity index (χ3v) is 0.940. The largest absolute Gasteiger partial charge is 0.120 e. The SMILES string of the molecule is C.C.C#CC.CC.CCC.Cc1ccccc1. The Labute approximate surface area is 111 Å². The third kappa shape index (κ3) is 52.5. The second kappa shape index (κ2) is 36.4. The highest BCUT2D eigenvalue weighted by atomic mass is 13.8. The van der Waals surface area contributed by atoms with Crippen LogP contribution in [0.1, 0.15) is 61.5 Å². The van der Waals surface area contributed by atoms with E-state index in [0.29, 0.717) is 0 Å². The highest BCUT2D eigenvalue weighted by molar-refractivity contribution is 5.11. The van der Waals surface area contributed by atoms with Gasteiger partial charge in [0.05, 0.1) is 0 Å². The maximum absolute atomic E-state index is 4.60. The summed E-state index contributed by atoms with van der Waals surface area (Å²) in [7, 11) is 0. The van der Waals surface area contributed by atoms with Gasteiger partial charge in [-0.25, -0.2) is 0 Å². The number of rotatable bonds is 0. The lowest BCUT2D eigenvalue weighted by Gasteiger charge is -1.82. The van der Waals surface area contributed by atoms with Crippen molar-refractivity contribution in [3.8, 4) is 12.3 Å². The molecule has 0 heteroatoms. The van der Waals surface area contributed by atoms with Crippen molar-refractivity contribution in [1.29, 1.82) is 0 Å². The summed E-state index contributed by atoms with van der Waals surface area (Å²) in [5.74, 6) is 2.25. The Kier molecular flexibility index (Phi) is 63.5. The van der Waals surface area contributed by atoms with E-state index in [1.54, 1.807) is 6.92 Å². The first kappa shape index (κ1) is 29.7. The molecule has 0 atom stereocenters. The van der Waals surface area contributed by atoms with Gasteiger partial charge in [0.1, 0.15) is 0 Å². The van der Waals surface area contributed by atoms with Crippen LogP contribution in [-0.2, 0) is 0 Å². The van der Waals surface area contributed by atoms with Crippen LogP contribution in [0.15, 0.2) is 30.3 Å². The molecule has 0 saturated heterocycles. The van der Waals surface area contributed by atoms with E-state index in [1.165, 1.54) is 12.0 Å². The summed E-state index contributed by atoms with van der Waals surface area (Å²) >= 11 is 0. The Balaban J connectivity index is -0.0000000421. The minimum Gasteiger partial charge on any atom is -0.120 e. The summed E-state index contributed by atoms with van der Waals surface area (Å²) < 4.78 is 0. The Hall–Kier alpha value is -1.22. The molecular weight excluding hydrogens is 204 g/mol.